The number of rotatable bonds is 5. The van der Waals surface area contributed by atoms with Gasteiger partial charge in [0.15, 0.2) is 0 Å². The van der Waals surface area contributed by atoms with Gasteiger partial charge in [0.05, 0.1) is 10.7 Å². The van der Waals surface area contributed by atoms with Crippen LogP contribution in [0, 0.1) is 13.8 Å². The SMILES string of the molecule is CC(=O)NCCc1csc([C@@H]2CCCN(C(=O)c3ccc(C)c(C)c3)C2)n1. The zero-order chi connectivity index (χ0) is 19.4. The Morgan fingerprint density at radius 3 is 2.85 bits per heavy atom. The molecule has 0 spiro atoms. The first kappa shape index (κ1) is 19.5. The molecule has 3 rings (SSSR count). The van der Waals surface area contributed by atoms with Crippen LogP contribution in [0.2, 0.25) is 0 Å². The van der Waals surface area contributed by atoms with Crippen molar-refractivity contribution >= 4 is 23.2 Å². The fraction of sp³-hybridized carbons (Fsp3) is 0.476. The number of hydrogen-bond donors (Lipinski definition) is 1. The molecule has 1 aliphatic rings. The molecule has 6 heteroatoms. The van der Waals surface area contributed by atoms with Gasteiger partial charge in [0.1, 0.15) is 0 Å². The van der Waals surface area contributed by atoms with Gasteiger partial charge in [-0.15, -0.1) is 11.3 Å². The van der Waals surface area contributed by atoms with Crippen molar-refractivity contribution in [3.05, 3.63) is 51.0 Å². The summed E-state index contributed by atoms with van der Waals surface area (Å²) in [4.78, 5) is 30.6. The van der Waals surface area contributed by atoms with E-state index in [0.717, 1.165) is 54.2 Å². The molecule has 1 aromatic heterocycles. The number of nitrogens with one attached hydrogen (secondary N) is 1. The highest BCUT2D eigenvalue weighted by atomic mass is 32.1. The Morgan fingerprint density at radius 1 is 1.30 bits per heavy atom. The molecule has 5 nitrogen and oxygen atoms in total. The van der Waals surface area contributed by atoms with Gasteiger partial charge in [-0.3, -0.25) is 9.59 Å². The second-order valence-corrected chi connectivity index (χ2v) is 8.19. The first-order valence-corrected chi connectivity index (χ1v) is 10.4. The Labute approximate surface area is 164 Å². The van der Waals surface area contributed by atoms with E-state index in [2.05, 4.69) is 17.6 Å². The Morgan fingerprint density at radius 2 is 2.11 bits per heavy atom. The number of carbonyl (C=O) groups excluding carboxylic acids is 2. The third-order valence-corrected chi connectivity index (χ3v) is 6.19. The lowest BCUT2D eigenvalue weighted by atomic mass is 9.97. The number of carbonyl (C=O) groups is 2. The molecule has 2 heterocycles. The molecular formula is C21H27N3O2S. The minimum atomic E-state index is -0.0155. The van der Waals surface area contributed by atoms with Crippen molar-refractivity contribution in [2.24, 2.45) is 0 Å². The van der Waals surface area contributed by atoms with Gasteiger partial charge in [-0.2, -0.15) is 0 Å². The van der Waals surface area contributed by atoms with Gasteiger partial charge in [-0.25, -0.2) is 4.98 Å². The number of amides is 2. The highest BCUT2D eigenvalue weighted by molar-refractivity contribution is 7.09. The van der Waals surface area contributed by atoms with Crippen molar-refractivity contribution in [1.29, 1.82) is 0 Å². The van der Waals surface area contributed by atoms with E-state index < -0.39 is 0 Å². The lowest BCUT2D eigenvalue weighted by Crippen LogP contribution is -2.39. The second-order valence-electron chi connectivity index (χ2n) is 7.30. The predicted octanol–water partition coefficient (Wildman–Crippen LogP) is 3.46. The van der Waals surface area contributed by atoms with Gasteiger partial charge in [0.25, 0.3) is 5.91 Å². The Bertz CT molecular complexity index is 831. The third-order valence-electron chi connectivity index (χ3n) is 5.14. The molecule has 1 aliphatic heterocycles. The van der Waals surface area contributed by atoms with Crippen LogP contribution in [0.15, 0.2) is 23.6 Å². The van der Waals surface area contributed by atoms with Gasteiger partial charge in [0.2, 0.25) is 5.91 Å². The summed E-state index contributed by atoms with van der Waals surface area (Å²) in [5.41, 5.74) is 4.14. The second kappa shape index (κ2) is 8.65. The van der Waals surface area contributed by atoms with E-state index in [1.54, 1.807) is 11.3 Å². The fourth-order valence-electron chi connectivity index (χ4n) is 3.41. The van der Waals surface area contributed by atoms with Crippen molar-refractivity contribution in [3.8, 4) is 0 Å². The van der Waals surface area contributed by atoms with E-state index >= 15 is 0 Å². The monoisotopic (exact) mass is 385 g/mol. The largest absolute Gasteiger partial charge is 0.356 e. The topological polar surface area (TPSA) is 62.3 Å². The van der Waals surface area contributed by atoms with Crippen LogP contribution in [0.1, 0.15) is 57.9 Å². The summed E-state index contributed by atoms with van der Waals surface area (Å²) >= 11 is 1.67. The van der Waals surface area contributed by atoms with Crippen LogP contribution in [-0.2, 0) is 11.2 Å². The number of likely N-dealkylation sites (tertiary alicyclic amines) is 1. The van der Waals surface area contributed by atoms with Crippen LogP contribution in [0.4, 0.5) is 0 Å². The molecule has 0 radical (unpaired) electrons. The molecule has 1 aromatic carbocycles. The smallest absolute Gasteiger partial charge is 0.253 e. The van der Waals surface area contributed by atoms with Crippen LogP contribution in [0.5, 0.6) is 0 Å². The average Bonchev–Trinajstić information content (AvgIpc) is 3.12. The van der Waals surface area contributed by atoms with Crippen molar-refractivity contribution in [3.63, 3.8) is 0 Å². The molecular weight excluding hydrogens is 358 g/mol. The number of aromatic nitrogens is 1. The first-order valence-electron chi connectivity index (χ1n) is 9.49. The predicted molar refractivity (Wildman–Crippen MR) is 108 cm³/mol. The van der Waals surface area contributed by atoms with Crippen molar-refractivity contribution < 1.29 is 9.59 Å². The lowest BCUT2D eigenvalue weighted by molar-refractivity contribution is -0.118. The van der Waals surface area contributed by atoms with E-state index in [1.807, 2.05) is 30.0 Å². The van der Waals surface area contributed by atoms with Crippen LogP contribution in [-0.4, -0.2) is 41.3 Å². The molecule has 2 aromatic rings. The minimum absolute atomic E-state index is 0.0155. The molecule has 144 valence electrons. The molecule has 1 N–H and O–H groups in total. The van der Waals surface area contributed by atoms with E-state index in [4.69, 9.17) is 4.98 Å². The van der Waals surface area contributed by atoms with E-state index in [0.29, 0.717) is 12.5 Å². The molecule has 1 fully saturated rings. The van der Waals surface area contributed by atoms with Crippen LogP contribution in [0.3, 0.4) is 0 Å². The Balaban J connectivity index is 1.63. The fourth-order valence-corrected chi connectivity index (χ4v) is 4.39. The Hall–Kier alpha value is -2.21. The maximum absolute atomic E-state index is 12.9. The summed E-state index contributed by atoms with van der Waals surface area (Å²) < 4.78 is 0. The number of benzene rings is 1. The van der Waals surface area contributed by atoms with Gasteiger partial charge in [-0.1, -0.05) is 6.07 Å². The minimum Gasteiger partial charge on any atom is -0.356 e. The lowest BCUT2D eigenvalue weighted by Gasteiger charge is -2.32. The number of hydrogen-bond acceptors (Lipinski definition) is 4. The number of thiazole rings is 1. The maximum Gasteiger partial charge on any atom is 0.253 e. The third kappa shape index (κ3) is 4.95. The van der Waals surface area contributed by atoms with Crippen LogP contribution in [0.25, 0.3) is 0 Å². The quantitative estimate of drug-likeness (QED) is 0.857. The summed E-state index contributed by atoms with van der Waals surface area (Å²) in [6, 6.07) is 5.94. The van der Waals surface area contributed by atoms with Gasteiger partial charge < -0.3 is 10.2 Å². The molecule has 0 saturated carbocycles. The average molecular weight is 386 g/mol. The van der Waals surface area contributed by atoms with E-state index in [1.165, 1.54) is 12.5 Å². The molecule has 27 heavy (non-hydrogen) atoms. The van der Waals surface area contributed by atoms with E-state index in [-0.39, 0.29) is 11.8 Å². The normalized spacial score (nSPS) is 17.0. The van der Waals surface area contributed by atoms with Crippen molar-refractivity contribution in [1.82, 2.24) is 15.2 Å². The van der Waals surface area contributed by atoms with Gasteiger partial charge >= 0.3 is 0 Å². The Kier molecular flexibility index (Phi) is 6.26. The highest BCUT2D eigenvalue weighted by Crippen LogP contribution is 2.30. The molecule has 2 amide bonds. The summed E-state index contributed by atoms with van der Waals surface area (Å²) in [5, 5.41) is 5.98. The van der Waals surface area contributed by atoms with Crippen molar-refractivity contribution in [2.75, 3.05) is 19.6 Å². The zero-order valence-electron chi connectivity index (χ0n) is 16.2. The summed E-state index contributed by atoms with van der Waals surface area (Å²) in [5.74, 6) is 0.400. The zero-order valence-corrected chi connectivity index (χ0v) is 17.1. The van der Waals surface area contributed by atoms with Gasteiger partial charge in [0, 0.05) is 49.8 Å². The molecule has 0 aliphatic carbocycles. The number of aryl methyl sites for hydroxylation is 2. The van der Waals surface area contributed by atoms with Gasteiger partial charge in [-0.05, 0) is 49.9 Å². The number of piperidine rings is 1. The maximum atomic E-state index is 12.9. The van der Waals surface area contributed by atoms with Crippen LogP contribution >= 0.6 is 11.3 Å². The summed E-state index contributed by atoms with van der Waals surface area (Å²) in [6.07, 6.45) is 2.81. The van der Waals surface area contributed by atoms with Crippen molar-refractivity contribution in [2.45, 2.75) is 46.0 Å². The molecule has 0 unspecified atom stereocenters. The number of nitrogens with zero attached hydrogens (tertiary/aromatic N) is 2. The van der Waals surface area contributed by atoms with E-state index in [9.17, 15) is 9.59 Å². The van der Waals surface area contributed by atoms with Crippen LogP contribution < -0.4 is 5.32 Å². The summed E-state index contributed by atoms with van der Waals surface area (Å²) in [7, 11) is 0. The molecule has 0 bridgehead atoms. The first-order chi connectivity index (χ1) is 12.9. The summed E-state index contributed by atoms with van der Waals surface area (Å²) in [6.45, 7) is 7.78. The molecule has 1 saturated heterocycles. The molecule has 1 atom stereocenters. The highest BCUT2D eigenvalue weighted by Gasteiger charge is 2.27. The standard InChI is InChI=1S/C21H27N3O2S/c1-14-6-7-17(11-15(14)2)21(26)24-10-4-5-18(12-24)20-23-19(13-27-20)8-9-22-16(3)25/h6-7,11,13,18H,4-5,8-10,12H2,1-3H3,(H,22,25)/t18-/m1/s1.